The molecule has 2 saturated heterocycles. The van der Waals surface area contributed by atoms with Crippen molar-refractivity contribution in [3.63, 3.8) is 0 Å². The molecule has 2 aliphatic rings. The van der Waals surface area contributed by atoms with Gasteiger partial charge in [-0.15, -0.1) is 0 Å². The summed E-state index contributed by atoms with van der Waals surface area (Å²) in [6, 6.07) is 31.4. The Balaban J connectivity index is 0.752. The van der Waals surface area contributed by atoms with Crippen molar-refractivity contribution in [3.05, 3.63) is 144 Å². The van der Waals surface area contributed by atoms with E-state index in [1.807, 2.05) is 38.1 Å². The average Bonchev–Trinajstić information content (AvgIpc) is 3.43. The maximum atomic E-state index is 13.8. The maximum Gasteiger partial charge on any atom is 0.292 e. The highest BCUT2D eigenvalue weighted by molar-refractivity contribution is 7.86. The van der Waals surface area contributed by atoms with Crippen LogP contribution in [-0.4, -0.2) is 169 Å². The SMILES string of the molecule is CC(C(=O)C(C)N1CCN(C(=O)c2ccc(Nc3nccc(-c4ccc(CCC(O)S(=O)(=O)O)cc4)n3)cc2)CC1)N1CCN(C(=O)c2ccc(Nc3nccc(-c4ccc(CCC(O)S(=O)(=O)O)cc4)n3)cc2)CC1. The van der Waals surface area contributed by atoms with E-state index in [-0.39, 0.29) is 55.4 Å². The van der Waals surface area contributed by atoms with Crippen LogP contribution in [0.5, 0.6) is 0 Å². The van der Waals surface area contributed by atoms with E-state index in [0.29, 0.717) is 98.1 Å². The quantitative estimate of drug-likeness (QED) is 0.0553. The summed E-state index contributed by atoms with van der Waals surface area (Å²) in [6.45, 7) is 7.89. The Morgan fingerprint density at radius 2 is 0.855 bits per heavy atom. The van der Waals surface area contributed by atoms with Gasteiger partial charge in [0.15, 0.2) is 16.7 Å². The second kappa shape index (κ2) is 24.3. The molecule has 0 aliphatic carbocycles. The minimum atomic E-state index is -4.52. The van der Waals surface area contributed by atoms with Gasteiger partial charge in [0.1, 0.15) is 0 Å². The largest absolute Gasteiger partial charge is 0.375 e. The first-order chi connectivity index (χ1) is 36.3. The van der Waals surface area contributed by atoms with Gasteiger partial charge in [-0.1, -0.05) is 48.5 Å². The molecule has 2 fully saturated rings. The van der Waals surface area contributed by atoms with Gasteiger partial charge in [-0.2, -0.15) is 16.8 Å². The van der Waals surface area contributed by atoms with E-state index in [4.69, 9.17) is 9.11 Å². The van der Waals surface area contributed by atoms with Crippen LogP contribution < -0.4 is 10.6 Å². The molecule has 0 radical (unpaired) electrons. The zero-order valence-corrected chi connectivity index (χ0v) is 43.5. The van der Waals surface area contributed by atoms with E-state index in [1.54, 1.807) is 107 Å². The average molecular weight is 1080 g/mol. The first-order valence-electron chi connectivity index (χ1n) is 24.8. The summed E-state index contributed by atoms with van der Waals surface area (Å²) < 4.78 is 62.5. The summed E-state index contributed by atoms with van der Waals surface area (Å²) in [4.78, 5) is 66.7. The molecule has 400 valence electrons. The molecule has 2 aromatic heterocycles. The molecule has 4 unspecified atom stereocenters. The van der Waals surface area contributed by atoms with Gasteiger partial charge in [-0.05, 0) is 111 Å². The van der Waals surface area contributed by atoms with Crippen LogP contribution in [0.15, 0.2) is 122 Å². The lowest BCUT2D eigenvalue weighted by atomic mass is 10.0. The first-order valence-corrected chi connectivity index (χ1v) is 27.8. The van der Waals surface area contributed by atoms with E-state index < -0.39 is 31.1 Å². The minimum Gasteiger partial charge on any atom is -0.375 e. The first kappa shape index (κ1) is 55.2. The van der Waals surface area contributed by atoms with Gasteiger partial charge in [0.2, 0.25) is 11.9 Å². The molecule has 0 bridgehead atoms. The summed E-state index contributed by atoms with van der Waals surface area (Å²) in [5.74, 6) is 0.571. The molecule has 21 nitrogen and oxygen atoms in total. The van der Waals surface area contributed by atoms with Crippen molar-refractivity contribution in [2.24, 2.45) is 0 Å². The van der Waals surface area contributed by atoms with E-state index >= 15 is 0 Å². The number of Topliss-reactive ketones (excluding diaryl/α,β-unsaturated/α-hetero) is 1. The second-order valence-corrected chi connectivity index (χ2v) is 21.9. The van der Waals surface area contributed by atoms with Crippen LogP contribution in [-0.2, 0) is 37.9 Å². The zero-order chi connectivity index (χ0) is 54.1. The lowest BCUT2D eigenvalue weighted by Gasteiger charge is -2.41. The summed E-state index contributed by atoms with van der Waals surface area (Å²) in [7, 11) is -9.03. The maximum absolute atomic E-state index is 13.8. The van der Waals surface area contributed by atoms with Crippen molar-refractivity contribution in [1.82, 2.24) is 39.5 Å². The molecule has 2 amide bonds. The van der Waals surface area contributed by atoms with Crippen LogP contribution in [0.25, 0.3) is 22.5 Å². The number of carbonyl (C=O) groups is 3. The Kier molecular flexibility index (Phi) is 17.6. The lowest BCUT2D eigenvalue weighted by Crippen LogP contribution is -2.58. The third kappa shape index (κ3) is 14.2. The van der Waals surface area contributed by atoms with Crippen molar-refractivity contribution in [1.29, 1.82) is 0 Å². The van der Waals surface area contributed by atoms with Gasteiger partial charge in [0, 0.05) is 98.4 Å². The van der Waals surface area contributed by atoms with Gasteiger partial charge in [0.05, 0.1) is 23.5 Å². The van der Waals surface area contributed by atoms with Gasteiger partial charge >= 0.3 is 0 Å². The molecule has 2 aliphatic heterocycles. The molecule has 4 aromatic carbocycles. The Hall–Kier alpha value is -7.09. The lowest BCUT2D eigenvalue weighted by molar-refractivity contribution is -0.129. The Morgan fingerprint density at radius 1 is 0.513 bits per heavy atom. The minimum absolute atomic E-state index is 0.0895. The molecule has 23 heteroatoms. The van der Waals surface area contributed by atoms with E-state index in [0.717, 1.165) is 22.3 Å². The number of piperazine rings is 2. The molecule has 8 rings (SSSR count). The molecule has 76 heavy (non-hydrogen) atoms. The summed E-state index contributed by atoms with van der Waals surface area (Å²) >= 11 is 0. The number of benzene rings is 4. The van der Waals surface area contributed by atoms with Gasteiger partial charge in [-0.3, -0.25) is 33.3 Å². The Bertz CT molecular complexity index is 3000. The highest BCUT2D eigenvalue weighted by Crippen LogP contribution is 2.25. The van der Waals surface area contributed by atoms with E-state index in [2.05, 4.69) is 40.4 Å². The summed E-state index contributed by atoms with van der Waals surface area (Å²) in [5.41, 5.74) is 3.16. The Morgan fingerprint density at radius 3 is 1.18 bits per heavy atom. The second-order valence-electron chi connectivity index (χ2n) is 18.8. The standard InChI is InChI=1S/C53H60N10O11S2/c1-35(60-27-31-62(32-28-60)50(67)41-13-17-43(18-14-41)56-52-54-25-23-45(58-52)39-9-3-37(4-10-39)7-21-47(64)75(69,70)71)49(66)36(2)61-29-33-63(34-30-61)51(68)42-15-19-44(20-16-42)57-53-55-26-24-46(59-53)40-11-5-38(6-12-40)8-22-48(65)76(72,73)74/h3-6,9-20,23-26,35-36,47-48,64-65H,7-8,21-22,27-34H2,1-2H3,(H,54,56,58)(H,55,57,59)(H,69,70,71)(H,72,73,74). The number of aliphatic hydroxyl groups is 2. The topological polar surface area (TPSA) is 289 Å². The van der Waals surface area contributed by atoms with Gasteiger partial charge in [-0.25, -0.2) is 19.9 Å². The predicted molar refractivity (Wildman–Crippen MR) is 285 cm³/mol. The van der Waals surface area contributed by atoms with Crippen molar-refractivity contribution >= 4 is 61.1 Å². The fourth-order valence-corrected chi connectivity index (χ4v) is 9.90. The highest BCUT2D eigenvalue weighted by Gasteiger charge is 2.34. The smallest absolute Gasteiger partial charge is 0.292 e. The number of aliphatic hydroxyl groups excluding tert-OH is 2. The number of hydrogen-bond donors (Lipinski definition) is 6. The van der Waals surface area contributed by atoms with Crippen LogP contribution in [0.2, 0.25) is 0 Å². The molecule has 6 N–H and O–H groups in total. The monoisotopic (exact) mass is 1080 g/mol. The number of aromatic nitrogens is 4. The predicted octanol–water partition coefficient (Wildman–Crippen LogP) is 4.93. The van der Waals surface area contributed by atoms with Crippen LogP contribution in [0.4, 0.5) is 23.3 Å². The van der Waals surface area contributed by atoms with Crippen LogP contribution in [0.1, 0.15) is 58.5 Å². The number of nitrogens with one attached hydrogen (secondary N) is 2. The number of nitrogens with zero attached hydrogens (tertiary/aromatic N) is 8. The van der Waals surface area contributed by atoms with E-state index in [9.17, 15) is 41.4 Å². The third-order valence-electron chi connectivity index (χ3n) is 13.8. The van der Waals surface area contributed by atoms with Crippen molar-refractivity contribution in [2.75, 3.05) is 63.0 Å². The van der Waals surface area contributed by atoms with Crippen molar-refractivity contribution in [3.8, 4) is 22.5 Å². The molecule has 4 atom stereocenters. The van der Waals surface area contributed by atoms with Crippen LogP contribution >= 0.6 is 0 Å². The fourth-order valence-electron chi connectivity index (χ4n) is 9.07. The van der Waals surface area contributed by atoms with Crippen LogP contribution in [0, 0.1) is 0 Å². The number of amides is 2. The molecule has 0 spiro atoms. The molecular formula is C53H60N10O11S2. The molecule has 4 heterocycles. The molecular weight excluding hydrogens is 1020 g/mol. The Labute approximate surface area is 441 Å². The zero-order valence-electron chi connectivity index (χ0n) is 41.9. The number of carbonyl (C=O) groups excluding carboxylic acids is 3. The van der Waals surface area contributed by atoms with E-state index in [1.165, 1.54) is 0 Å². The fraction of sp³-hybridized carbons (Fsp3) is 0.340. The summed E-state index contributed by atoms with van der Waals surface area (Å²) in [6.07, 6.45) is 3.47. The van der Waals surface area contributed by atoms with Crippen molar-refractivity contribution < 1.29 is 50.5 Å². The highest BCUT2D eigenvalue weighted by atomic mass is 32.2. The molecule has 0 saturated carbocycles. The molecule has 6 aromatic rings. The van der Waals surface area contributed by atoms with Crippen LogP contribution in [0.3, 0.4) is 0 Å². The number of ketones is 1. The number of aryl methyl sites for hydroxylation is 2. The van der Waals surface area contributed by atoms with Crippen molar-refractivity contribution in [2.45, 2.75) is 62.5 Å². The number of rotatable bonds is 20. The number of hydrogen-bond acceptors (Lipinski definition) is 17. The van der Waals surface area contributed by atoms with Gasteiger partial charge in [0.25, 0.3) is 32.1 Å². The van der Waals surface area contributed by atoms with Gasteiger partial charge < -0.3 is 30.6 Å². The number of anilines is 4. The normalized spacial score (nSPS) is 16.3. The summed E-state index contributed by atoms with van der Waals surface area (Å²) in [5, 5.41) is 25.6. The third-order valence-corrected chi connectivity index (χ3v) is 15.6.